The molecule has 138 valence electrons. The Morgan fingerprint density at radius 2 is 1.93 bits per heavy atom. The zero-order valence-electron chi connectivity index (χ0n) is 14.6. The number of morpholine rings is 1. The minimum atomic E-state index is -0.490. The monoisotopic (exact) mass is 366 g/mol. The number of rotatable bonds is 5. The maximum absolute atomic E-state index is 12.2. The van der Waals surface area contributed by atoms with Crippen molar-refractivity contribution in [2.75, 3.05) is 31.2 Å². The molecule has 2 aromatic heterocycles. The first-order valence-corrected chi connectivity index (χ1v) is 8.63. The number of carbonyl (C=O) groups excluding carboxylic acids is 1. The molecule has 0 radical (unpaired) electrons. The predicted octanol–water partition coefficient (Wildman–Crippen LogP) is 2.33. The Bertz CT molecular complexity index is 890. The molecule has 27 heavy (non-hydrogen) atoms. The zero-order valence-corrected chi connectivity index (χ0v) is 14.6. The van der Waals surface area contributed by atoms with Crippen molar-refractivity contribution in [3.8, 4) is 11.4 Å². The van der Waals surface area contributed by atoms with Gasteiger partial charge in [0.05, 0.1) is 18.8 Å². The molecule has 1 aromatic carbocycles. The van der Waals surface area contributed by atoms with E-state index in [2.05, 4.69) is 20.0 Å². The number of aromatic nitrogens is 3. The molecule has 0 bridgehead atoms. The number of nitrogens with zero attached hydrogens (tertiary/aromatic N) is 4. The number of pyridine rings is 1. The highest BCUT2D eigenvalue weighted by Gasteiger charge is 2.15. The van der Waals surface area contributed by atoms with Crippen molar-refractivity contribution in [2.45, 2.75) is 6.61 Å². The lowest BCUT2D eigenvalue weighted by molar-refractivity contribution is 0.0429. The van der Waals surface area contributed by atoms with Crippen molar-refractivity contribution in [1.82, 2.24) is 15.1 Å². The van der Waals surface area contributed by atoms with Gasteiger partial charge in [0.15, 0.2) is 6.61 Å². The summed E-state index contributed by atoms with van der Waals surface area (Å²) in [6, 6.07) is 12.9. The van der Waals surface area contributed by atoms with E-state index in [1.54, 1.807) is 6.07 Å². The van der Waals surface area contributed by atoms with Crippen LogP contribution in [0.1, 0.15) is 16.2 Å². The number of carbonyl (C=O) groups is 1. The van der Waals surface area contributed by atoms with Gasteiger partial charge in [-0.25, -0.2) is 9.78 Å². The van der Waals surface area contributed by atoms with Gasteiger partial charge in [-0.15, -0.1) is 0 Å². The molecule has 1 aliphatic rings. The van der Waals surface area contributed by atoms with Crippen LogP contribution >= 0.6 is 0 Å². The van der Waals surface area contributed by atoms with Crippen LogP contribution in [0.25, 0.3) is 11.4 Å². The highest BCUT2D eigenvalue weighted by Crippen LogP contribution is 2.16. The normalized spacial score (nSPS) is 14.1. The third kappa shape index (κ3) is 4.12. The second kappa shape index (κ2) is 7.96. The fraction of sp³-hybridized carbons (Fsp3) is 0.263. The fourth-order valence-electron chi connectivity index (χ4n) is 2.71. The molecule has 0 N–H and O–H groups in total. The molecule has 8 nitrogen and oxygen atoms in total. The molecule has 0 aliphatic carbocycles. The highest BCUT2D eigenvalue weighted by atomic mass is 16.6. The number of esters is 1. The van der Waals surface area contributed by atoms with Gasteiger partial charge in [0, 0.05) is 24.8 Å². The Balaban J connectivity index is 1.35. The van der Waals surface area contributed by atoms with E-state index in [9.17, 15) is 4.79 Å². The van der Waals surface area contributed by atoms with Gasteiger partial charge in [-0.1, -0.05) is 35.5 Å². The van der Waals surface area contributed by atoms with Crippen molar-refractivity contribution in [3.63, 3.8) is 0 Å². The first-order valence-electron chi connectivity index (χ1n) is 8.63. The topological polar surface area (TPSA) is 90.6 Å². The Hall–Kier alpha value is -3.26. The van der Waals surface area contributed by atoms with Crippen molar-refractivity contribution in [3.05, 3.63) is 60.1 Å². The van der Waals surface area contributed by atoms with Gasteiger partial charge in [-0.2, -0.15) is 4.98 Å². The van der Waals surface area contributed by atoms with Gasteiger partial charge >= 0.3 is 5.97 Å². The van der Waals surface area contributed by atoms with E-state index in [0.29, 0.717) is 24.6 Å². The summed E-state index contributed by atoms with van der Waals surface area (Å²) in [4.78, 5) is 22.9. The summed E-state index contributed by atoms with van der Waals surface area (Å²) in [5.41, 5.74) is 1.21. The van der Waals surface area contributed by atoms with Gasteiger partial charge in [-0.3, -0.25) is 0 Å². The van der Waals surface area contributed by atoms with E-state index < -0.39 is 5.97 Å². The van der Waals surface area contributed by atoms with Gasteiger partial charge in [0.1, 0.15) is 5.82 Å². The first-order chi connectivity index (χ1) is 13.3. The lowest BCUT2D eigenvalue weighted by Crippen LogP contribution is -2.36. The molecule has 4 rings (SSSR count). The Morgan fingerprint density at radius 1 is 1.11 bits per heavy atom. The summed E-state index contributed by atoms with van der Waals surface area (Å²) in [6.45, 7) is 2.85. The quantitative estimate of drug-likeness (QED) is 0.636. The molecule has 8 heteroatoms. The average Bonchev–Trinajstić information content (AvgIpc) is 3.22. The molecule has 1 fully saturated rings. The molecule has 3 aromatic rings. The number of benzene rings is 1. The van der Waals surface area contributed by atoms with Crippen LogP contribution in [0.4, 0.5) is 5.82 Å². The van der Waals surface area contributed by atoms with Crippen molar-refractivity contribution in [2.24, 2.45) is 0 Å². The smallest absolute Gasteiger partial charge is 0.340 e. The molecule has 0 spiro atoms. The average molecular weight is 366 g/mol. The lowest BCUT2D eigenvalue weighted by atomic mass is 10.2. The highest BCUT2D eigenvalue weighted by molar-refractivity contribution is 5.89. The van der Waals surface area contributed by atoms with Crippen LogP contribution in [0.2, 0.25) is 0 Å². The Morgan fingerprint density at radius 3 is 2.67 bits per heavy atom. The summed E-state index contributed by atoms with van der Waals surface area (Å²) in [5, 5.41) is 3.89. The maximum Gasteiger partial charge on any atom is 0.340 e. The molecule has 0 saturated carbocycles. The van der Waals surface area contributed by atoms with E-state index in [1.807, 2.05) is 36.4 Å². The molecule has 0 atom stereocenters. The summed E-state index contributed by atoms with van der Waals surface area (Å²) >= 11 is 0. The van der Waals surface area contributed by atoms with E-state index >= 15 is 0 Å². The third-order valence-electron chi connectivity index (χ3n) is 4.15. The van der Waals surface area contributed by atoms with Crippen LogP contribution in [-0.4, -0.2) is 47.4 Å². The second-order valence-corrected chi connectivity index (χ2v) is 5.96. The zero-order chi connectivity index (χ0) is 18.5. The van der Waals surface area contributed by atoms with Crippen LogP contribution in [0.15, 0.2) is 53.2 Å². The van der Waals surface area contributed by atoms with Crippen molar-refractivity contribution in [1.29, 1.82) is 0 Å². The van der Waals surface area contributed by atoms with Crippen LogP contribution in [0, 0.1) is 0 Å². The molecular weight excluding hydrogens is 348 g/mol. The van der Waals surface area contributed by atoms with Crippen molar-refractivity contribution < 1.29 is 18.8 Å². The lowest BCUT2D eigenvalue weighted by Gasteiger charge is -2.27. The largest absolute Gasteiger partial charge is 0.452 e. The summed E-state index contributed by atoms with van der Waals surface area (Å²) < 4.78 is 15.7. The minimum absolute atomic E-state index is 0.0934. The standard InChI is InChI=1S/C19H18N4O4/c24-19(15-6-7-16(20-12-15)23-8-10-25-11-9-23)26-13-17-21-18(22-27-17)14-4-2-1-3-5-14/h1-7,12H,8-11,13H2. The number of hydrogen-bond donors (Lipinski definition) is 0. The summed E-state index contributed by atoms with van der Waals surface area (Å²) in [7, 11) is 0. The van der Waals surface area contributed by atoms with Crippen LogP contribution in [0.5, 0.6) is 0 Å². The number of ether oxygens (including phenoxy) is 2. The molecule has 0 unspecified atom stereocenters. The summed E-state index contributed by atoms with van der Waals surface area (Å²) in [5.74, 6) is 1.02. The van der Waals surface area contributed by atoms with E-state index in [0.717, 1.165) is 24.5 Å². The van der Waals surface area contributed by atoms with Crippen LogP contribution < -0.4 is 4.90 Å². The molecule has 1 aliphatic heterocycles. The van der Waals surface area contributed by atoms with Crippen LogP contribution in [-0.2, 0) is 16.1 Å². The van der Waals surface area contributed by atoms with E-state index in [4.69, 9.17) is 14.0 Å². The SMILES string of the molecule is O=C(OCc1nc(-c2ccccc2)no1)c1ccc(N2CCOCC2)nc1. The van der Waals surface area contributed by atoms with Gasteiger partial charge < -0.3 is 18.9 Å². The Kier molecular flexibility index (Phi) is 5.06. The molecule has 1 saturated heterocycles. The number of hydrogen-bond acceptors (Lipinski definition) is 8. The minimum Gasteiger partial charge on any atom is -0.452 e. The first kappa shape index (κ1) is 17.2. The predicted molar refractivity (Wildman–Crippen MR) is 96.1 cm³/mol. The third-order valence-corrected chi connectivity index (χ3v) is 4.15. The van der Waals surface area contributed by atoms with Gasteiger partial charge in [0.2, 0.25) is 5.82 Å². The number of anilines is 1. The maximum atomic E-state index is 12.2. The Labute approximate surface area is 155 Å². The van der Waals surface area contributed by atoms with E-state index in [1.165, 1.54) is 6.20 Å². The van der Waals surface area contributed by atoms with Crippen LogP contribution in [0.3, 0.4) is 0 Å². The molecular formula is C19H18N4O4. The molecule has 3 heterocycles. The molecule has 0 amide bonds. The second-order valence-electron chi connectivity index (χ2n) is 5.96. The fourth-order valence-corrected chi connectivity index (χ4v) is 2.71. The van der Waals surface area contributed by atoms with E-state index in [-0.39, 0.29) is 12.5 Å². The van der Waals surface area contributed by atoms with Gasteiger partial charge in [-0.05, 0) is 12.1 Å². The van der Waals surface area contributed by atoms with Crippen molar-refractivity contribution >= 4 is 11.8 Å². The summed E-state index contributed by atoms with van der Waals surface area (Å²) in [6.07, 6.45) is 1.51. The van der Waals surface area contributed by atoms with Gasteiger partial charge in [0.25, 0.3) is 5.89 Å².